The molecule has 524 valence electrons. The molecule has 0 radical (unpaired) electrons. The van der Waals surface area contributed by atoms with Crippen molar-refractivity contribution in [3.8, 4) is 0 Å². The van der Waals surface area contributed by atoms with Crippen molar-refractivity contribution in [3.05, 3.63) is 141 Å². The summed E-state index contributed by atoms with van der Waals surface area (Å²) >= 11 is 0. The second-order valence-electron chi connectivity index (χ2n) is 25.3. The van der Waals surface area contributed by atoms with E-state index in [-0.39, 0.29) is 106 Å². The number of nitrogens with two attached hydrogens (primary N) is 1. The molecule has 98 heavy (non-hydrogen) atoms. The summed E-state index contributed by atoms with van der Waals surface area (Å²) in [6.07, 6.45) is -12.0. The molecule has 4 aromatic heterocycles. The number of carboxylic acid groups (broad SMARTS) is 1. The maximum atomic E-state index is 14.4. The lowest BCUT2D eigenvalue weighted by molar-refractivity contribution is -0.144. The number of amides is 1. The Bertz CT molecular complexity index is 3910. The first kappa shape index (κ1) is 70.2. The molecule has 2 atom stereocenters. The monoisotopic (exact) mass is 1390 g/mol. The maximum absolute atomic E-state index is 14.4. The van der Waals surface area contributed by atoms with Gasteiger partial charge in [-0.25, -0.2) is 27.5 Å². The number of pyridine rings is 2. The van der Waals surface area contributed by atoms with Crippen LogP contribution < -0.4 is 25.3 Å². The van der Waals surface area contributed by atoms with Crippen LogP contribution in [0, 0.1) is 46.9 Å². The van der Waals surface area contributed by atoms with Crippen molar-refractivity contribution in [2.45, 2.75) is 140 Å². The first-order chi connectivity index (χ1) is 46.1. The molecule has 6 heterocycles. The molecule has 1 amide bonds. The van der Waals surface area contributed by atoms with E-state index in [2.05, 4.69) is 35.7 Å². The van der Waals surface area contributed by atoms with Gasteiger partial charge < -0.3 is 30.4 Å². The molecule has 12 rings (SSSR count). The van der Waals surface area contributed by atoms with Gasteiger partial charge in [0.25, 0.3) is 11.9 Å². The lowest BCUT2D eigenvalue weighted by Gasteiger charge is -2.37. The molecule has 4 aromatic carbocycles. The molecule has 0 spiro atoms. The van der Waals surface area contributed by atoms with E-state index in [0.29, 0.717) is 98.6 Å². The van der Waals surface area contributed by atoms with E-state index in [1.54, 1.807) is 12.1 Å². The number of halogens is 16. The third kappa shape index (κ3) is 15.9. The summed E-state index contributed by atoms with van der Waals surface area (Å²) in [7, 11) is 2.89. The number of hydrogen-bond acceptors (Lipinski definition) is 14. The van der Waals surface area contributed by atoms with E-state index >= 15 is 0 Å². The third-order valence-electron chi connectivity index (χ3n) is 18.7. The molecular formula is C64H63F16N15O3. The molecule has 3 N–H and O–H groups in total. The summed E-state index contributed by atoms with van der Waals surface area (Å²) in [6.45, 7) is -0.287. The number of rotatable bonds is 16. The highest BCUT2D eigenvalue weighted by molar-refractivity contribution is 5.84. The highest BCUT2D eigenvalue weighted by Crippen LogP contribution is 2.45. The number of carbonyl (C=O) groups is 2. The van der Waals surface area contributed by atoms with Gasteiger partial charge in [-0.2, -0.15) is 62.3 Å². The number of primary amides is 1. The van der Waals surface area contributed by atoms with E-state index in [1.807, 2.05) is 4.90 Å². The summed E-state index contributed by atoms with van der Waals surface area (Å²) in [6, 6.07) is 9.55. The quantitative estimate of drug-likeness (QED) is 0.0863. The molecule has 18 nitrogen and oxygen atoms in total. The van der Waals surface area contributed by atoms with Crippen LogP contribution in [0.3, 0.4) is 0 Å². The zero-order valence-corrected chi connectivity index (χ0v) is 52.3. The van der Waals surface area contributed by atoms with Crippen LogP contribution in [0.4, 0.5) is 93.8 Å². The van der Waals surface area contributed by atoms with E-state index in [4.69, 9.17) is 15.7 Å². The van der Waals surface area contributed by atoms with Gasteiger partial charge in [-0.1, -0.05) is 10.2 Å². The summed E-state index contributed by atoms with van der Waals surface area (Å²) in [4.78, 5) is 41.8. The number of aryl methyl sites for hydroxylation is 2. The van der Waals surface area contributed by atoms with Crippen LogP contribution in [0.25, 0.3) is 21.8 Å². The largest absolute Gasteiger partial charge is 0.481 e. The van der Waals surface area contributed by atoms with Crippen molar-refractivity contribution < 1.29 is 84.9 Å². The lowest BCUT2D eigenvalue weighted by Crippen LogP contribution is -2.40. The smallest absolute Gasteiger partial charge is 0.416 e. The minimum absolute atomic E-state index is 0.0243. The SMILES string of the molecule is Cn1nnc(N(Cc2cc(C(F)(F)F)cc(C(F)(F)F)c2)Cc2cc3cc(F)c(F)cc3nc2N2CCC[C@@H]2C2CCC(C(=O)O)CC2)n1.Cn1nnc(N(Cc2cc(C(F)(F)F)cc(C(F)(F)F)c2)Cc2cc3cc(F)c(F)cc3nc2N2CCC[C@@H]2C2CCC(C(N)=O)CC2)n1. The molecule has 2 aliphatic heterocycles. The molecule has 0 bridgehead atoms. The zero-order valence-electron chi connectivity index (χ0n) is 52.3. The van der Waals surface area contributed by atoms with Gasteiger partial charge in [0.05, 0.1) is 53.3 Å². The van der Waals surface area contributed by atoms with Gasteiger partial charge in [0.15, 0.2) is 23.3 Å². The number of anilines is 4. The van der Waals surface area contributed by atoms with Crippen molar-refractivity contribution in [2.75, 3.05) is 32.7 Å². The molecule has 2 aliphatic carbocycles. The van der Waals surface area contributed by atoms with Crippen molar-refractivity contribution in [1.29, 1.82) is 0 Å². The summed E-state index contributed by atoms with van der Waals surface area (Å²) in [5.41, 5.74) is 0.163. The predicted molar refractivity (Wildman–Crippen MR) is 322 cm³/mol. The van der Waals surface area contributed by atoms with Gasteiger partial charge in [-0.05, 0) is 171 Å². The second-order valence-corrected chi connectivity index (χ2v) is 25.3. The summed E-state index contributed by atoms with van der Waals surface area (Å²) in [5.74, 6) is -5.37. The van der Waals surface area contributed by atoms with Crippen molar-refractivity contribution >= 4 is 57.2 Å². The number of hydrogen-bond donors (Lipinski definition) is 2. The molecule has 0 unspecified atom stereocenters. The summed E-state index contributed by atoms with van der Waals surface area (Å²) in [5, 5.41) is 33.8. The van der Waals surface area contributed by atoms with Crippen LogP contribution in [0.1, 0.15) is 122 Å². The fourth-order valence-electron chi connectivity index (χ4n) is 14.0. The molecular weight excluding hydrogens is 1330 g/mol. The fourth-order valence-corrected chi connectivity index (χ4v) is 14.0. The van der Waals surface area contributed by atoms with Gasteiger partial charge in [-0.3, -0.25) is 9.59 Å². The number of benzene rings is 4. The Morgan fingerprint density at radius 3 is 1.14 bits per heavy atom. The van der Waals surface area contributed by atoms with Crippen molar-refractivity contribution in [3.63, 3.8) is 0 Å². The van der Waals surface area contributed by atoms with E-state index in [9.17, 15) is 84.9 Å². The number of aliphatic carboxylic acids is 1. The van der Waals surface area contributed by atoms with Gasteiger partial charge in [0.1, 0.15) is 11.6 Å². The van der Waals surface area contributed by atoms with Crippen LogP contribution in [0.2, 0.25) is 0 Å². The minimum Gasteiger partial charge on any atom is -0.481 e. The number of aromatic nitrogens is 10. The number of carbonyl (C=O) groups excluding carboxylic acids is 1. The number of nitrogens with zero attached hydrogens (tertiary/aromatic N) is 14. The number of alkyl halides is 12. The van der Waals surface area contributed by atoms with Crippen molar-refractivity contribution in [1.82, 2.24) is 50.4 Å². The first-order valence-electron chi connectivity index (χ1n) is 31.3. The Labute approximate surface area is 547 Å². The Kier molecular flexibility index (Phi) is 19.8. The molecule has 2 saturated heterocycles. The van der Waals surface area contributed by atoms with E-state index < -0.39 is 95.2 Å². The normalized spacial score (nSPS) is 20.3. The molecule has 34 heteroatoms. The van der Waals surface area contributed by atoms with Crippen LogP contribution in [-0.4, -0.2) is 92.5 Å². The Balaban J connectivity index is 0.000000198. The van der Waals surface area contributed by atoms with Crippen LogP contribution in [-0.2, 0) is 74.6 Å². The van der Waals surface area contributed by atoms with Gasteiger partial charge >= 0.3 is 30.7 Å². The zero-order chi connectivity index (χ0) is 70.5. The Morgan fingerprint density at radius 2 is 0.827 bits per heavy atom. The van der Waals surface area contributed by atoms with Gasteiger partial charge in [0, 0.05) is 91.3 Å². The standard InChI is InChI=1S/C32H32F8N8O.C32H31F8N7O2/c1-46-44-30(43-45-46)47(15-17-9-22(31(35,36)37)13-23(10-17)32(38,39)40)16-21-11-20-12-24(33)25(34)14-26(20)42-29(21)48-8-2-3-27(48)18-4-6-19(7-5-18)28(41)49;1-45-43-30(42-44-45)46(15-17-9-22(31(35,36)37)13-23(10-17)32(38,39)40)16-21-11-20-12-24(33)25(34)14-26(20)41-28(21)47-8-2-3-27(47)18-4-6-19(7-5-18)29(48)49/h9-14,18-19,27H,2-8,15-16H2,1H3,(H2,41,49);9-14,18-19,27H,2-8,15-16H2,1H3,(H,48,49)/t2*18?,19?,27-/m11/s1. The Morgan fingerprint density at radius 1 is 0.480 bits per heavy atom. The van der Waals surface area contributed by atoms with Gasteiger partial charge in [-0.15, -0.1) is 10.2 Å². The van der Waals surface area contributed by atoms with E-state index in [0.717, 1.165) is 72.4 Å². The minimum atomic E-state index is -5.06. The second kappa shape index (κ2) is 27.6. The average molecular weight is 1390 g/mol. The molecule has 4 fully saturated rings. The van der Waals surface area contributed by atoms with Crippen LogP contribution >= 0.6 is 0 Å². The highest BCUT2D eigenvalue weighted by atomic mass is 19.4. The highest BCUT2D eigenvalue weighted by Gasteiger charge is 2.42. The van der Waals surface area contributed by atoms with Crippen LogP contribution in [0.15, 0.2) is 72.8 Å². The van der Waals surface area contributed by atoms with E-state index in [1.165, 1.54) is 23.9 Å². The van der Waals surface area contributed by atoms with Crippen molar-refractivity contribution in [2.24, 2.45) is 43.5 Å². The maximum Gasteiger partial charge on any atom is 0.416 e. The topological polar surface area (TPSA) is 206 Å². The fraction of sp³-hybridized carbons (Fsp3) is 0.469. The number of tetrazole rings is 2. The molecule has 2 saturated carbocycles. The first-order valence-corrected chi connectivity index (χ1v) is 31.3. The molecule has 8 aromatic rings. The molecule has 4 aliphatic rings. The predicted octanol–water partition coefficient (Wildman–Crippen LogP) is 13.7. The average Bonchev–Trinajstić information content (AvgIpc) is 1.50. The third-order valence-corrected chi connectivity index (χ3v) is 18.7. The summed E-state index contributed by atoms with van der Waals surface area (Å²) < 4.78 is 222. The lowest BCUT2D eigenvalue weighted by atomic mass is 9.77. The van der Waals surface area contributed by atoms with Crippen LogP contribution in [0.5, 0.6) is 0 Å². The Hall–Kier alpha value is -9.14. The number of carboxylic acids is 1. The number of fused-ring (bicyclic) bond motifs is 2. The van der Waals surface area contributed by atoms with Gasteiger partial charge in [0.2, 0.25) is 5.91 Å².